The third-order valence-corrected chi connectivity index (χ3v) is 2.90. The third-order valence-electron chi connectivity index (χ3n) is 2.90. The Bertz CT molecular complexity index is 543. The van der Waals surface area contributed by atoms with E-state index >= 15 is 0 Å². The Morgan fingerprint density at radius 1 is 1.00 bits per heavy atom. The summed E-state index contributed by atoms with van der Waals surface area (Å²) in [5.41, 5.74) is 2.18. The zero-order chi connectivity index (χ0) is 16.4. The molecule has 0 spiro atoms. The first kappa shape index (κ1) is 17.7. The number of rotatable bonds is 8. The molecule has 0 fully saturated rings. The van der Waals surface area contributed by atoms with Gasteiger partial charge in [0.05, 0.1) is 26.1 Å². The molecule has 0 amide bonds. The Balaban J connectivity index is 2.90. The SMILES string of the molecule is C=C(CC(=O)OCC)/C(=C/c1ccccc1)CC(=O)OCC. The van der Waals surface area contributed by atoms with Crippen LogP contribution < -0.4 is 0 Å². The van der Waals surface area contributed by atoms with Gasteiger partial charge in [0.25, 0.3) is 0 Å². The molecule has 118 valence electrons. The van der Waals surface area contributed by atoms with Gasteiger partial charge in [-0.3, -0.25) is 9.59 Å². The first-order valence-electron chi connectivity index (χ1n) is 7.31. The highest BCUT2D eigenvalue weighted by molar-refractivity contribution is 5.80. The molecular formula is C18H22O4. The maximum absolute atomic E-state index is 11.7. The fraction of sp³-hybridized carbons (Fsp3) is 0.333. The molecular weight excluding hydrogens is 280 g/mol. The van der Waals surface area contributed by atoms with Gasteiger partial charge in [-0.25, -0.2) is 0 Å². The molecule has 0 saturated carbocycles. The highest BCUT2D eigenvalue weighted by Crippen LogP contribution is 2.21. The van der Waals surface area contributed by atoms with Crippen molar-refractivity contribution >= 4 is 18.0 Å². The van der Waals surface area contributed by atoms with E-state index in [0.29, 0.717) is 24.4 Å². The zero-order valence-corrected chi connectivity index (χ0v) is 13.1. The first-order chi connectivity index (χ1) is 10.6. The molecule has 0 aliphatic heterocycles. The third kappa shape index (κ3) is 6.39. The van der Waals surface area contributed by atoms with Crippen LogP contribution in [0.5, 0.6) is 0 Å². The van der Waals surface area contributed by atoms with E-state index in [4.69, 9.17) is 9.47 Å². The van der Waals surface area contributed by atoms with Crippen molar-refractivity contribution in [1.82, 2.24) is 0 Å². The van der Waals surface area contributed by atoms with E-state index in [1.165, 1.54) is 0 Å². The molecule has 0 saturated heterocycles. The van der Waals surface area contributed by atoms with Crippen LogP contribution in [0.2, 0.25) is 0 Å². The summed E-state index contributed by atoms with van der Waals surface area (Å²) in [6.45, 7) is 8.06. The lowest BCUT2D eigenvalue weighted by Gasteiger charge is -2.11. The van der Waals surface area contributed by atoms with Crippen molar-refractivity contribution in [2.24, 2.45) is 0 Å². The number of benzene rings is 1. The van der Waals surface area contributed by atoms with Crippen molar-refractivity contribution in [3.05, 3.63) is 53.6 Å². The fourth-order valence-electron chi connectivity index (χ4n) is 1.90. The lowest BCUT2D eigenvalue weighted by atomic mass is 9.98. The van der Waals surface area contributed by atoms with Crippen molar-refractivity contribution in [1.29, 1.82) is 0 Å². The maximum Gasteiger partial charge on any atom is 0.310 e. The predicted octanol–water partition coefficient (Wildman–Crippen LogP) is 3.53. The number of ether oxygens (including phenoxy) is 2. The molecule has 1 rings (SSSR count). The summed E-state index contributed by atoms with van der Waals surface area (Å²) in [5, 5.41) is 0. The van der Waals surface area contributed by atoms with E-state index in [9.17, 15) is 9.59 Å². The van der Waals surface area contributed by atoms with Crippen molar-refractivity contribution in [3.8, 4) is 0 Å². The average molecular weight is 302 g/mol. The van der Waals surface area contributed by atoms with Gasteiger partial charge in [0.2, 0.25) is 0 Å². The van der Waals surface area contributed by atoms with Crippen LogP contribution in [0.15, 0.2) is 48.1 Å². The van der Waals surface area contributed by atoms with Crippen LogP contribution in [0.1, 0.15) is 32.3 Å². The van der Waals surface area contributed by atoms with Gasteiger partial charge in [-0.15, -0.1) is 0 Å². The Labute approximate surface area is 131 Å². The van der Waals surface area contributed by atoms with Crippen molar-refractivity contribution in [2.45, 2.75) is 26.7 Å². The molecule has 0 unspecified atom stereocenters. The van der Waals surface area contributed by atoms with Crippen molar-refractivity contribution in [3.63, 3.8) is 0 Å². The van der Waals surface area contributed by atoms with Gasteiger partial charge >= 0.3 is 11.9 Å². The lowest BCUT2D eigenvalue weighted by molar-refractivity contribution is -0.143. The quantitative estimate of drug-likeness (QED) is 0.544. The highest BCUT2D eigenvalue weighted by atomic mass is 16.5. The molecule has 0 aliphatic rings. The highest BCUT2D eigenvalue weighted by Gasteiger charge is 2.14. The van der Waals surface area contributed by atoms with E-state index < -0.39 is 0 Å². The Morgan fingerprint density at radius 3 is 2.09 bits per heavy atom. The van der Waals surface area contributed by atoms with Crippen LogP contribution >= 0.6 is 0 Å². The molecule has 4 heteroatoms. The monoisotopic (exact) mass is 302 g/mol. The van der Waals surface area contributed by atoms with Gasteiger partial charge < -0.3 is 9.47 Å². The van der Waals surface area contributed by atoms with Gasteiger partial charge in [-0.1, -0.05) is 43.0 Å². The molecule has 22 heavy (non-hydrogen) atoms. The molecule has 1 aromatic carbocycles. The summed E-state index contributed by atoms with van der Waals surface area (Å²) in [7, 11) is 0. The number of carbonyl (C=O) groups is 2. The number of esters is 2. The van der Waals surface area contributed by atoms with E-state index in [1.807, 2.05) is 36.4 Å². The summed E-state index contributed by atoms with van der Waals surface area (Å²) in [5.74, 6) is -0.690. The summed E-state index contributed by atoms with van der Waals surface area (Å²) in [6.07, 6.45) is 1.99. The number of carbonyl (C=O) groups excluding carboxylic acids is 2. The minimum Gasteiger partial charge on any atom is -0.466 e. The molecule has 0 heterocycles. The van der Waals surface area contributed by atoms with Crippen molar-refractivity contribution in [2.75, 3.05) is 13.2 Å². The second-order valence-electron chi connectivity index (χ2n) is 4.65. The molecule has 0 atom stereocenters. The summed E-state index contributed by atoms with van der Waals surface area (Å²) in [6, 6.07) is 9.56. The fourth-order valence-corrected chi connectivity index (χ4v) is 1.90. The molecule has 4 nitrogen and oxygen atoms in total. The van der Waals surface area contributed by atoms with E-state index in [2.05, 4.69) is 6.58 Å². The van der Waals surface area contributed by atoms with E-state index in [-0.39, 0.29) is 24.8 Å². The summed E-state index contributed by atoms with van der Waals surface area (Å²) >= 11 is 0. The molecule has 0 bridgehead atoms. The molecule has 0 aromatic heterocycles. The topological polar surface area (TPSA) is 52.6 Å². The van der Waals surface area contributed by atoms with Gasteiger partial charge in [-0.2, -0.15) is 0 Å². The minimum atomic E-state index is -0.352. The maximum atomic E-state index is 11.7. The van der Waals surface area contributed by atoms with Crippen LogP contribution in [-0.2, 0) is 19.1 Å². The van der Waals surface area contributed by atoms with Gasteiger partial charge in [0.15, 0.2) is 0 Å². The van der Waals surface area contributed by atoms with E-state index in [1.54, 1.807) is 13.8 Å². The molecule has 0 aliphatic carbocycles. The zero-order valence-electron chi connectivity index (χ0n) is 13.1. The van der Waals surface area contributed by atoms with Gasteiger partial charge in [0.1, 0.15) is 0 Å². The van der Waals surface area contributed by atoms with Crippen LogP contribution in [0.3, 0.4) is 0 Å². The van der Waals surface area contributed by atoms with Crippen LogP contribution in [-0.4, -0.2) is 25.2 Å². The van der Waals surface area contributed by atoms with Crippen LogP contribution in [0, 0.1) is 0 Å². The largest absolute Gasteiger partial charge is 0.466 e. The summed E-state index contributed by atoms with van der Waals surface area (Å²) in [4.78, 5) is 23.3. The normalized spacial score (nSPS) is 10.9. The minimum absolute atomic E-state index is 0.0614. The lowest BCUT2D eigenvalue weighted by Crippen LogP contribution is -2.09. The number of hydrogen-bond acceptors (Lipinski definition) is 4. The standard InChI is InChI=1S/C18H22O4/c1-4-21-17(19)11-14(3)16(13-18(20)22-5-2)12-15-9-7-6-8-10-15/h6-10,12H,3-5,11,13H2,1-2H3/b16-12+. The second kappa shape index (κ2) is 9.55. The molecule has 1 aromatic rings. The predicted molar refractivity (Wildman–Crippen MR) is 86.1 cm³/mol. The van der Waals surface area contributed by atoms with Crippen molar-refractivity contribution < 1.29 is 19.1 Å². The summed E-state index contributed by atoms with van der Waals surface area (Å²) < 4.78 is 9.90. The van der Waals surface area contributed by atoms with Gasteiger partial charge in [0, 0.05) is 0 Å². The van der Waals surface area contributed by atoms with Gasteiger partial charge in [-0.05, 0) is 30.6 Å². The smallest absolute Gasteiger partial charge is 0.310 e. The Morgan fingerprint density at radius 2 is 1.55 bits per heavy atom. The second-order valence-corrected chi connectivity index (χ2v) is 4.65. The van der Waals surface area contributed by atoms with E-state index in [0.717, 1.165) is 5.56 Å². The Hall–Kier alpha value is -2.36. The molecule has 0 N–H and O–H groups in total. The van der Waals surface area contributed by atoms with Crippen LogP contribution in [0.25, 0.3) is 6.08 Å². The average Bonchev–Trinajstić information content (AvgIpc) is 2.48. The molecule has 0 radical (unpaired) electrons. The Kier molecular flexibility index (Phi) is 7.68. The first-order valence-corrected chi connectivity index (χ1v) is 7.31. The number of hydrogen-bond donors (Lipinski definition) is 0. The van der Waals surface area contributed by atoms with Crippen LogP contribution in [0.4, 0.5) is 0 Å².